The third-order valence-electron chi connectivity index (χ3n) is 4.40. The third kappa shape index (κ3) is 3.06. The molecule has 1 saturated heterocycles. The molecule has 1 atom stereocenters. The molecule has 1 aromatic heterocycles. The Morgan fingerprint density at radius 3 is 2.88 bits per heavy atom. The largest absolute Gasteiger partial charge is 0.356 e. The van der Waals surface area contributed by atoms with Crippen molar-refractivity contribution in [2.45, 2.75) is 32.7 Å². The van der Waals surface area contributed by atoms with Crippen LogP contribution in [0.1, 0.15) is 43.1 Å². The highest BCUT2D eigenvalue weighted by Crippen LogP contribution is 2.17. The SMILES string of the molecule is CC(C)n1c(=O)[nH]c2ccc(C(=O)NCC3CCCNC3=O)cc21. The minimum absolute atomic E-state index is 0.00344. The summed E-state index contributed by atoms with van der Waals surface area (Å²) in [5.74, 6) is -0.414. The van der Waals surface area contributed by atoms with Gasteiger partial charge >= 0.3 is 5.69 Å². The van der Waals surface area contributed by atoms with Gasteiger partial charge < -0.3 is 15.6 Å². The predicted octanol–water partition coefficient (Wildman–Crippen LogP) is 1.17. The van der Waals surface area contributed by atoms with Crippen LogP contribution in [0.5, 0.6) is 0 Å². The standard InChI is InChI=1S/C17H22N4O3/c1-10(2)21-14-8-11(5-6-13(14)20-17(21)24)15(22)19-9-12-4-3-7-18-16(12)23/h5-6,8,10,12H,3-4,7,9H2,1-2H3,(H,18,23)(H,19,22)(H,20,24). The maximum Gasteiger partial charge on any atom is 0.326 e. The first kappa shape index (κ1) is 16.3. The molecule has 0 radical (unpaired) electrons. The second kappa shape index (κ2) is 6.51. The van der Waals surface area contributed by atoms with Gasteiger partial charge in [0.05, 0.1) is 17.0 Å². The van der Waals surface area contributed by atoms with Crippen LogP contribution in [0.2, 0.25) is 0 Å². The zero-order chi connectivity index (χ0) is 17.3. The van der Waals surface area contributed by atoms with Crippen LogP contribution in [0, 0.1) is 5.92 Å². The van der Waals surface area contributed by atoms with E-state index in [2.05, 4.69) is 15.6 Å². The topological polar surface area (TPSA) is 96.0 Å². The number of benzene rings is 1. The highest BCUT2D eigenvalue weighted by Gasteiger charge is 2.22. The molecule has 2 heterocycles. The summed E-state index contributed by atoms with van der Waals surface area (Å²) in [5.41, 5.74) is 1.71. The smallest absolute Gasteiger partial charge is 0.326 e. The molecular formula is C17H22N4O3. The van der Waals surface area contributed by atoms with Crippen LogP contribution in [0.4, 0.5) is 0 Å². The van der Waals surface area contributed by atoms with Gasteiger partial charge in [0.25, 0.3) is 5.91 Å². The number of aromatic amines is 1. The Hall–Kier alpha value is -2.57. The van der Waals surface area contributed by atoms with Crippen LogP contribution >= 0.6 is 0 Å². The van der Waals surface area contributed by atoms with Gasteiger partial charge in [-0.3, -0.25) is 14.2 Å². The van der Waals surface area contributed by atoms with Crippen molar-refractivity contribution in [1.29, 1.82) is 0 Å². The number of carbonyl (C=O) groups is 2. The van der Waals surface area contributed by atoms with Crippen molar-refractivity contribution in [3.8, 4) is 0 Å². The molecule has 24 heavy (non-hydrogen) atoms. The van der Waals surface area contributed by atoms with Gasteiger partial charge in [-0.05, 0) is 44.9 Å². The lowest BCUT2D eigenvalue weighted by atomic mass is 9.98. The lowest BCUT2D eigenvalue weighted by Gasteiger charge is -2.21. The number of nitrogens with zero attached hydrogens (tertiary/aromatic N) is 1. The van der Waals surface area contributed by atoms with E-state index in [0.717, 1.165) is 12.8 Å². The van der Waals surface area contributed by atoms with E-state index >= 15 is 0 Å². The second-order valence-electron chi connectivity index (χ2n) is 6.47. The highest BCUT2D eigenvalue weighted by atomic mass is 16.2. The van der Waals surface area contributed by atoms with Crippen molar-refractivity contribution in [2.75, 3.05) is 13.1 Å². The van der Waals surface area contributed by atoms with Gasteiger partial charge in [0, 0.05) is 24.7 Å². The first-order valence-corrected chi connectivity index (χ1v) is 8.27. The van der Waals surface area contributed by atoms with Gasteiger partial charge in [-0.1, -0.05) is 0 Å². The van der Waals surface area contributed by atoms with Gasteiger partial charge in [0.1, 0.15) is 0 Å². The Morgan fingerprint density at radius 2 is 2.17 bits per heavy atom. The van der Waals surface area contributed by atoms with Crippen LogP contribution in [0.3, 0.4) is 0 Å². The number of aromatic nitrogens is 2. The Labute approximate surface area is 139 Å². The van der Waals surface area contributed by atoms with Crippen molar-refractivity contribution in [2.24, 2.45) is 5.92 Å². The van der Waals surface area contributed by atoms with Gasteiger partial charge in [-0.15, -0.1) is 0 Å². The lowest BCUT2D eigenvalue weighted by Crippen LogP contribution is -2.42. The summed E-state index contributed by atoms with van der Waals surface area (Å²) in [6.45, 7) is 4.87. The third-order valence-corrected chi connectivity index (χ3v) is 4.40. The van der Waals surface area contributed by atoms with Gasteiger partial charge in [-0.25, -0.2) is 4.79 Å². The summed E-state index contributed by atoms with van der Waals surface area (Å²) in [7, 11) is 0. The lowest BCUT2D eigenvalue weighted by molar-refractivity contribution is -0.126. The van der Waals surface area contributed by atoms with Crippen LogP contribution in [-0.4, -0.2) is 34.5 Å². The Balaban J connectivity index is 1.78. The van der Waals surface area contributed by atoms with E-state index in [-0.39, 0.29) is 29.5 Å². The Morgan fingerprint density at radius 1 is 1.38 bits per heavy atom. The molecule has 0 aliphatic carbocycles. The number of H-pyrrole nitrogens is 1. The van der Waals surface area contributed by atoms with Crippen LogP contribution in [0.25, 0.3) is 11.0 Å². The van der Waals surface area contributed by atoms with Gasteiger partial charge in [-0.2, -0.15) is 0 Å². The molecule has 1 aromatic carbocycles. The molecular weight excluding hydrogens is 308 g/mol. The molecule has 1 aliphatic heterocycles. The molecule has 1 fully saturated rings. The fourth-order valence-electron chi connectivity index (χ4n) is 3.12. The number of rotatable bonds is 4. The van der Waals surface area contributed by atoms with Crippen molar-refractivity contribution in [1.82, 2.24) is 20.2 Å². The first-order chi connectivity index (χ1) is 11.5. The molecule has 0 saturated carbocycles. The quantitative estimate of drug-likeness (QED) is 0.785. The number of piperidine rings is 1. The van der Waals surface area contributed by atoms with Crippen LogP contribution in [-0.2, 0) is 4.79 Å². The summed E-state index contributed by atoms with van der Waals surface area (Å²) < 4.78 is 1.63. The summed E-state index contributed by atoms with van der Waals surface area (Å²) in [4.78, 5) is 38.9. The molecule has 3 N–H and O–H groups in total. The summed E-state index contributed by atoms with van der Waals surface area (Å²) in [5, 5.41) is 5.63. The average Bonchev–Trinajstić information content (AvgIpc) is 2.88. The number of amides is 2. The first-order valence-electron chi connectivity index (χ1n) is 8.27. The van der Waals surface area contributed by atoms with E-state index in [0.29, 0.717) is 29.7 Å². The number of nitrogens with one attached hydrogen (secondary N) is 3. The fourth-order valence-corrected chi connectivity index (χ4v) is 3.12. The maximum atomic E-state index is 12.4. The number of hydrogen-bond donors (Lipinski definition) is 3. The second-order valence-corrected chi connectivity index (χ2v) is 6.47. The molecule has 0 bridgehead atoms. The molecule has 1 aliphatic rings. The molecule has 3 rings (SSSR count). The van der Waals surface area contributed by atoms with E-state index in [9.17, 15) is 14.4 Å². The number of hydrogen-bond acceptors (Lipinski definition) is 3. The molecule has 7 heteroatoms. The summed E-state index contributed by atoms with van der Waals surface area (Å²) in [6.07, 6.45) is 1.72. The Kier molecular flexibility index (Phi) is 4.42. The number of fused-ring (bicyclic) bond motifs is 1. The van der Waals surface area contributed by atoms with Crippen molar-refractivity contribution < 1.29 is 9.59 Å². The molecule has 7 nitrogen and oxygen atoms in total. The molecule has 2 amide bonds. The molecule has 0 spiro atoms. The predicted molar refractivity (Wildman–Crippen MR) is 91.0 cm³/mol. The van der Waals surface area contributed by atoms with E-state index in [1.54, 1.807) is 22.8 Å². The van der Waals surface area contributed by atoms with E-state index < -0.39 is 0 Å². The maximum absolute atomic E-state index is 12.4. The van der Waals surface area contributed by atoms with E-state index in [1.165, 1.54) is 0 Å². The summed E-state index contributed by atoms with van der Waals surface area (Å²) >= 11 is 0. The zero-order valence-corrected chi connectivity index (χ0v) is 13.9. The molecule has 128 valence electrons. The summed E-state index contributed by atoms with van der Waals surface area (Å²) in [6, 6.07) is 5.12. The number of carbonyl (C=O) groups excluding carboxylic acids is 2. The minimum atomic E-state index is -0.237. The van der Waals surface area contributed by atoms with Crippen molar-refractivity contribution in [3.05, 3.63) is 34.2 Å². The number of imidazole rings is 1. The monoisotopic (exact) mass is 330 g/mol. The van der Waals surface area contributed by atoms with Crippen LogP contribution in [0.15, 0.2) is 23.0 Å². The average molecular weight is 330 g/mol. The molecule has 1 unspecified atom stereocenters. The zero-order valence-electron chi connectivity index (χ0n) is 13.9. The van der Waals surface area contributed by atoms with E-state index in [4.69, 9.17) is 0 Å². The van der Waals surface area contributed by atoms with E-state index in [1.807, 2.05) is 13.8 Å². The van der Waals surface area contributed by atoms with Crippen LogP contribution < -0.4 is 16.3 Å². The Bertz CT molecular complexity index is 834. The van der Waals surface area contributed by atoms with Gasteiger partial charge in [0.15, 0.2) is 0 Å². The van der Waals surface area contributed by atoms with Crippen molar-refractivity contribution >= 4 is 22.8 Å². The molecule has 2 aromatic rings. The minimum Gasteiger partial charge on any atom is -0.356 e. The normalized spacial score (nSPS) is 18.0. The highest BCUT2D eigenvalue weighted by molar-refractivity contribution is 5.97. The van der Waals surface area contributed by atoms with Gasteiger partial charge in [0.2, 0.25) is 5.91 Å². The van der Waals surface area contributed by atoms with Crippen molar-refractivity contribution in [3.63, 3.8) is 0 Å². The fraction of sp³-hybridized carbons (Fsp3) is 0.471.